The third kappa shape index (κ3) is 5.40. The van der Waals surface area contributed by atoms with Crippen molar-refractivity contribution >= 4 is 48.1 Å². The number of carbonyl (C=O) groups excluding carboxylic acids is 2. The number of rotatable bonds is 5. The van der Waals surface area contributed by atoms with Gasteiger partial charge in [0.25, 0.3) is 5.91 Å². The van der Waals surface area contributed by atoms with E-state index in [-0.39, 0.29) is 54.3 Å². The van der Waals surface area contributed by atoms with Crippen LogP contribution in [0.25, 0.3) is 0 Å². The quantitative estimate of drug-likeness (QED) is 0.672. The van der Waals surface area contributed by atoms with Crippen LogP contribution in [0.3, 0.4) is 0 Å². The lowest BCUT2D eigenvalue weighted by Crippen LogP contribution is -2.29. The smallest absolute Gasteiger partial charge is 0.277 e. The van der Waals surface area contributed by atoms with E-state index in [1.54, 1.807) is 23.0 Å². The van der Waals surface area contributed by atoms with Gasteiger partial charge in [0.15, 0.2) is 5.69 Å². The molecular weight excluding hydrogens is 405 g/mol. The fourth-order valence-corrected chi connectivity index (χ4v) is 2.94. The topological polar surface area (TPSA) is 114 Å². The Morgan fingerprint density at radius 3 is 2.46 bits per heavy atom. The highest BCUT2D eigenvalue weighted by atomic mass is 35.5. The van der Waals surface area contributed by atoms with E-state index in [4.69, 9.17) is 0 Å². The molecule has 0 atom stereocenters. The first-order chi connectivity index (χ1) is 12.7. The van der Waals surface area contributed by atoms with Gasteiger partial charge >= 0.3 is 0 Å². The molecule has 0 spiro atoms. The number of piperidine rings is 1. The minimum absolute atomic E-state index is 0. The van der Waals surface area contributed by atoms with Crippen molar-refractivity contribution in [1.82, 2.24) is 25.3 Å². The first kappa shape index (κ1) is 22.1. The van der Waals surface area contributed by atoms with E-state index in [9.17, 15) is 9.59 Å². The Morgan fingerprint density at radius 1 is 1.07 bits per heavy atom. The predicted octanol–water partition coefficient (Wildman–Crippen LogP) is 2.04. The number of hydrogen-bond donors (Lipinski definition) is 3. The van der Waals surface area contributed by atoms with Crippen molar-refractivity contribution in [2.45, 2.75) is 31.7 Å². The summed E-state index contributed by atoms with van der Waals surface area (Å²) in [5, 5.41) is 16.9. The van der Waals surface area contributed by atoms with Gasteiger partial charge < -0.3 is 16.0 Å². The van der Waals surface area contributed by atoms with Crippen molar-refractivity contribution in [2.75, 3.05) is 23.7 Å². The van der Waals surface area contributed by atoms with Crippen molar-refractivity contribution in [2.24, 2.45) is 5.92 Å². The fraction of sp³-hybridized carbons (Fsp3) is 0.471. The van der Waals surface area contributed by atoms with Gasteiger partial charge in [0.05, 0.1) is 24.1 Å². The molecule has 3 N–H and O–H groups in total. The van der Waals surface area contributed by atoms with Crippen LogP contribution in [0.5, 0.6) is 0 Å². The zero-order valence-electron chi connectivity index (χ0n) is 15.1. The van der Waals surface area contributed by atoms with Gasteiger partial charge in [0, 0.05) is 5.92 Å². The van der Waals surface area contributed by atoms with E-state index in [2.05, 4.69) is 31.2 Å². The molecule has 4 rings (SSSR count). The molecule has 2 amide bonds. The minimum Gasteiger partial charge on any atom is -0.319 e. The molecule has 2 aromatic rings. The molecule has 2 aromatic heterocycles. The second-order valence-corrected chi connectivity index (χ2v) is 6.71. The Morgan fingerprint density at radius 2 is 1.82 bits per heavy atom. The maximum atomic E-state index is 12.3. The van der Waals surface area contributed by atoms with Crippen LogP contribution in [0.4, 0.5) is 11.5 Å². The molecule has 1 saturated carbocycles. The maximum Gasteiger partial charge on any atom is 0.277 e. The number of anilines is 2. The number of amides is 2. The first-order valence-corrected chi connectivity index (χ1v) is 8.90. The normalized spacial score (nSPS) is 16.4. The molecule has 2 aliphatic rings. The standard InChI is InChI=1S/C17H21N7O2.2ClH/c25-16(11-1-2-11)21-15-4-3-12(9-19-15)20-17(26)14-10-24(23-22-14)13-5-7-18-8-6-13;;/h3-4,9-11,13,18H,1-2,5-8H2,(H,20,26)(H,19,21,25);2*1H. The molecule has 0 radical (unpaired) electrons. The molecular formula is C17H23Cl2N7O2. The van der Waals surface area contributed by atoms with Gasteiger partial charge in [-0.15, -0.1) is 29.9 Å². The van der Waals surface area contributed by atoms with Crippen molar-refractivity contribution < 1.29 is 9.59 Å². The third-order valence-electron chi connectivity index (χ3n) is 4.65. The second kappa shape index (κ2) is 9.81. The largest absolute Gasteiger partial charge is 0.319 e. The highest BCUT2D eigenvalue weighted by Crippen LogP contribution is 2.30. The first-order valence-electron chi connectivity index (χ1n) is 8.90. The summed E-state index contributed by atoms with van der Waals surface area (Å²) in [5.74, 6) is 0.279. The Bertz CT molecular complexity index is 802. The molecule has 1 aliphatic heterocycles. The van der Waals surface area contributed by atoms with Gasteiger partial charge in [0.1, 0.15) is 5.82 Å². The van der Waals surface area contributed by atoms with Crippen LogP contribution in [0, 0.1) is 5.92 Å². The van der Waals surface area contributed by atoms with Gasteiger partial charge in [-0.3, -0.25) is 9.59 Å². The lowest BCUT2D eigenvalue weighted by molar-refractivity contribution is -0.117. The summed E-state index contributed by atoms with van der Waals surface area (Å²) in [5.41, 5.74) is 0.811. The molecule has 2 fully saturated rings. The molecule has 152 valence electrons. The SMILES string of the molecule is Cl.Cl.O=C(Nc1ccc(NC(=O)C2CC2)nc1)c1cn(C2CCNCC2)nn1. The summed E-state index contributed by atoms with van der Waals surface area (Å²) in [7, 11) is 0. The number of aromatic nitrogens is 4. The Kier molecular flexibility index (Phi) is 7.73. The van der Waals surface area contributed by atoms with Crippen LogP contribution in [0.15, 0.2) is 24.5 Å². The van der Waals surface area contributed by atoms with Crippen LogP contribution in [-0.4, -0.2) is 44.9 Å². The van der Waals surface area contributed by atoms with E-state index >= 15 is 0 Å². The zero-order valence-corrected chi connectivity index (χ0v) is 16.8. The van der Waals surface area contributed by atoms with Crippen LogP contribution in [0.2, 0.25) is 0 Å². The van der Waals surface area contributed by atoms with Crippen molar-refractivity contribution in [1.29, 1.82) is 0 Å². The summed E-state index contributed by atoms with van der Waals surface area (Å²) in [6.07, 6.45) is 7.03. The average Bonchev–Trinajstić information content (AvgIpc) is 3.41. The number of halogens is 2. The summed E-state index contributed by atoms with van der Waals surface area (Å²) in [6.45, 7) is 1.89. The lowest BCUT2D eigenvalue weighted by atomic mass is 10.1. The summed E-state index contributed by atoms with van der Waals surface area (Å²) in [4.78, 5) is 28.2. The van der Waals surface area contributed by atoms with E-state index in [0.717, 1.165) is 38.8 Å². The molecule has 3 heterocycles. The summed E-state index contributed by atoms with van der Waals surface area (Å²) < 4.78 is 1.77. The van der Waals surface area contributed by atoms with Crippen LogP contribution in [-0.2, 0) is 4.79 Å². The zero-order chi connectivity index (χ0) is 17.9. The lowest BCUT2D eigenvalue weighted by Gasteiger charge is -2.22. The number of nitrogens with one attached hydrogen (secondary N) is 3. The number of nitrogens with zero attached hydrogens (tertiary/aromatic N) is 4. The number of pyridine rings is 1. The van der Waals surface area contributed by atoms with Gasteiger partial charge in [-0.2, -0.15) is 0 Å². The van der Waals surface area contributed by atoms with Crippen molar-refractivity contribution in [3.63, 3.8) is 0 Å². The van der Waals surface area contributed by atoms with Crippen molar-refractivity contribution in [3.05, 3.63) is 30.2 Å². The predicted molar refractivity (Wildman–Crippen MR) is 109 cm³/mol. The summed E-state index contributed by atoms with van der Waals surface area (Å²) >= 11 is 0. The third-order valence-corrected chi connectivity index (χ3v) is 4.65. The summed E-state index contributed by atoms with van der Waals surface area (Å²) in [6, 6.07) is 3.65. The Hall–Kier alpha value is -2.23. The number of hydrogen-bond acceptors (Lipinski definition) is 6. The van der Waals surface area contributed by atoms with E-state index in [1.807, 2.05) is 0 Å². The number of carbonyl (C=O) groups is 2. The van der Waals surface area contributed by atoms with Gasteiger partial charge in [0.2, 0.25) is 5.91 Å². The molecule has 0 aromatic carbocycles. The highest BCUT2D eigenvalue weighted by Gasteiger charge is 2.29. The Balaban J connectivity index is 0.00000140. The van der Waals surface area contributed by atoms with E-state index in [1.165, 1.54) is 6.20 Å². The van der Waals surface area contributed by atoms with Crippen LogP contribution < -0.4 is 16.0 Å². The van der Waals surface area contributed by atoms with Crippen molar-refractivity contribution in [3.8, 4) is 0 Å². The van der Waals surface area contributed by atoms with Crippen LogP contribution in [0.1, 0.15) is 42.2 Å². The van der Waals surface area contributed by atoms with Gasteiger partial charge in [-0.05, 0) is 50.9 Å². The highest BCUT2D eigenvalue weighted by molar-refractivity contribution is 6.02. The van der Waals surface area contributed by atoms with Gasteiger partial charge in [-0.1, -0.05) is 5.21 Å². The Labute approximate surface area is 174 Å². The molecule has 28 heavy (non-hydrogen) atoms. The monoisotopic (exact) mass is 427 g/mol. The molecule has 11 heteroatoms. The maximum absolute atomic E-state index is 12.3. The van der Waals surface area contributed by atoms with E-state index in [0.29, 0.717) is 11.5 Å². The molecule has 0 bridgehead atoms. The molecule has 1 aliphatic carbocycles. The molecule has 1 saturated heterocycles. The minimum atomic E-state index is -0.332. The van der Waals surface area contributed by atoms with Gasteiger partial charge in [-0.25, -0.2) is 9.67 Å². The fourth-order valence-electron chi connectivity index (χ4n) is 2.94. The second-order valence-electron chi connectivity index (χ2n) is 6.71. The van der Waals surface area contributed by atoms with E-state index < -0.39 is 0 Å². The molecule has 0 unspecified atom stereocenters. The average molecular weight is 428 g/mol. The van der Waals surface area contributed by atoms with Crippen LogP contribution >= 0.6 is 24.8 Å². The molecule has 9 nitrogen and oxygen atoms in total.